The fourth-order valence-corrected chi connectivity index (χ4v) is 5.65. The maximum absolute atomic E-state index is 13.4. The molecule has 200 valence electrons. The predicted octanol–water partition coefficient (Wildman–Crippen LogP) is 5.04. The quantitative estimate of drug-likeness (QED) is 0.393. The number of amides is 2. The Kier molecular flexibility index (Phi) is 8.52. The molecule has 0 radical (unpaired) electrons. The predicted molar refractivity (Wildman–Crippen MR) is 152 cm³/mol. The lowest BCUT2D eigenvalue weighted by Gasteiger charge is -2.37. The number of anilines is 1. The lowest BCUT2D eigenvalue weighted by molar-refractivity contribution is -0.123. The maximum Gasteiger partial charge on any atom is 0.237 e. The molecule has 0 aliphatic carbocycles. The van der Waals surface area contributed by atoms with E-state index in [4.69, 9.17) is 5.73 Å². The fourth-order valence-electron chi connectivity index (χ4n) is 5.65. The zero-order valence-corrected chi connectivity index (χ0v) is 22.9. The first kappa shape index (κ1) is 27.4. The molecular weight excluding hydrogens is 474 g/mol. The second-order valence-corrected chi connectivity index (χ2v) is 10.5. The van der Waals surface area contributed by atoms with Gasteiger partial charge in [0.25, 0.3) is 0 Å². The number of nitrogens with one attached hydrogen (secondary N) is 1. The van der Waals surface area contributed by atoms with E-state index < -0.39 is 6.04 Å². The van der Waals surface area contributed by atoms with Gasteiger partial charge < -0.3 is 21.1 Å². The van der Waals surface area contributed by atoms with Crippen molar-refractivity contribution in [1.82, 2.24) is 5.32 Å². The number of phenolic OH excluding ortho intramolecular Hbond substituents is 1. The van der Waals surface area contributed by atoms with Crippen molar-refractivity contribution in [3.05, 3.63) is 93.5 Å². The topological polar surface area (TPSA) is 95.7 Å². The number of aromatic hydroxyl groups is 1. The molecule has 2 atom stereocenters. The van der Waals surface area contributed by atoms with Crippen LogP contribution in [-0.4, -0.2) is 29.5 Å². The Balaban J connectivity index is 1.65. The molecule has 0 aromatic heterocycles. The Hall–Kier alpha value is -3.64. The number of hydrogen-bond acceptors (Lipinski definition) is 4. The molecule has 6 heteroatoms. The minimum absolute atomic E-state index is 0.0131. The molecule has 0 saturated carbocycles. The smallest absolute Gasteiger partial charge is 0.237 e. The van der Waals surface area contributed by atoms with Crippen LogP contribution in [0.2, 0.25) is 0 Å². The summed E-state index contributed by atoms with van der Waals surface area (Å²) in [5, 5.41) is 13.1. The summed E-state index contributed by atoms with van der Waals surface area (Å²) in [6.07, 6.45) is 3.61. The van der Waals surface area contributed by atoms with E-state index in [-0.39, 0.29) is 23.6 Å². The van der Waals surface area contributed by atoms with E-state index in [0.29, 0.717) is 19.4 Å². The number of aryl methyl sites for hydroxylation is 3. The van der Waals surface area contributed by atoms with Crippen molar-refractivity contribution < 1.29 is 14.7 Å². The normalized spacial score (nSPS) is 15.6. The van der Waals surface area contributed by atoms with Crippen molar-refractivity contribution in [2.24, 2.45) is 5.73 Å². The highest BCUT2D eigenvalue weighted by molar-refractivity contribution is 5.94. The van der Waals surface area contributed by atoms with Gasteiger partial charge in [-0.25, -0.2) is 0 Å². The van der Waals surface area contributed by atoms with E-state index in [0.717, 1.165) is 52.8 Å². The van der Waals surface area contributed by atoms with Crippen LogP contribution in [0.15, 0.2) is 54.6 Å². The maximum atomic E-state index is 13.4. The van der Waals surface area contributed by atoms with Gasteiger partial charge >= 0.3 is 0 Å². The summed E-state index contributed by atoms with van der Waals surface area (Å²) >= 11 is 0. The molecule has 0 fully saturated rings. The summed E-state index contributed by atoms with van der Waals surface area (Å²) in [6.45, 7) is 8.14. The van der Waals surface area contributed by atoms with Crippen LogP contribution >= 0.6 is 0 Å². The highest BCUT2D eigenvalue weighted by atomic mass is 16.3. The molecule has 0 spiro atoms. The van der Waals surface area contributed by atoms with E-state index >= 15 is 0 Å². The van der Waals surface area contributed by atoms with E-state index in [1.54, 1.807) is 19.1 Å². The summed E-state index contributed by atoms with van der Waals surface area (Å²) in [5.74, 6) is 0.0126. The third kappa shape index (κ3) is 6.08. The number of phenols is 1. The number of carbonyl (C=O) groups excluding carboxylic acids is 2. The number of nitrogens with zero attached hydrogens (tertiary/aromatic N) is 1. The van der Waals surface area contributed by atoms with Crippen molar-refractivity contribution in [3.63, 3.8) is 0 Å². The largest absolute Gasteiger partial charge is 0.508 e. The zero-order valence-electron chi connectivity index (χ0n) is 22.9. The van der Waals surface area contributed by atoms with Crippen LogP contribution in [0.1, 0.15) is 71.7 Å². The van der Waals surface area contributed by atoms with E-state index in [1.807, 2.05) is 36.9 Å². The van der Waals surface area contributed by atoms with Gasteiger partial charge in [0, 0.05) is 13.5 Å². The molecule has 4 rings (SSSR count). The Labute approximate surface area is 225 Å². The Morgan fingerprint density at radius 1 is 1.08 bits per heavy atom. The van der Waals surface area contributed by atoms with Gasteiger partial charge in [-0.3, -0.25) is 9.59 Å². The molecule has 1 heterocycles. The number of hydrogen-bond donors (Lipinski definition) is 3. The first-order chi connectivity index (χ1) is 18.2. The molecule has 3 aromatic carbocycles. The first-order valence-corrected chi connectivity index (χ1v) is 13.5. The molecule has 0 bridgehead atoms. The summed E-state index contributed by atoms with van der Waals surface area (Å²) in [7, 11) is 0. The van der Waals surface area contributed by atoms with Gasteiger partial charge in [0.1, 0.15) is 5.75 Å². The van der Waals surface area contributed by atoms with Crippen molar-refractivity contribution >= 4 is 17.5 Å². The highest BCUT2D eigenvalue weighted by Crippen LogP contribution is 2.39. The molecule has 1 aliphatic heterocycles. The van der Waals surface area contributed by atoms with Crippen LogP contribution in [0.4, 0.5) is 5.69 Å². The van der Waals surface area contributed by atoms with Crippen molar-refractivity contribution in [2.75, 3.05) is 11.4 Å². The number of fused-ring (bicyclic) bond motifs is 1. The van der Waals surface area contributed by atoms with Crippen LogP contribution in [0.3, 0.4) is 0 Å². The van der Waals surface area contributed by atoms with Gasteiger partial charge in [0.15, 0.2) is 0 Å². The molecule has 3 aromatic rings. The average molecular weight is 514 g/mol. The van der Waals surface area contributed by atoms with Crippen LogP contribution in [0.25, 0.3) is 0 Å². The fraction of sp³-hybridized carbons (Fsp3) is 0.375. The van der Waals surface area contributed by atoms with Crippen LogP contribution < -0.4 is 16.0 Å². The molecule has 6 nitrogen and oxygen atoms in total. The standard InChI is InChI=1S/C32H39N3O3/c1-5-9-25-17-24(16-23-10-7-6-8-11-23)18-28-30(12-13-35(22(4)36)31(25)28)34-32(38)29(33)19-27-20(2)14-26(37)15-21(27)3/h6-8,10-11,14-15,17-18,29-30,37H,5,9,12-13,16,19,33H2,1-4H3,(H,34,38)/t29-,30+/m0/s1. The molecule has 2 amide bonds. The van der Waals surface area contributed by atoms with E-state index in [1.165, 1.54) is 11.1 Å². The van der Waals surface area contributed by atoms with Crippen LogP contribution in [0.5, 0.6) is 5.75 Å². The van der Waals surface area contributed by atoms with Crippen LogP contribution in [0, 0.1) is 13.8 Å². The van der Waals surface area contributed by atoms with Crippen molar-refractivity contribution in [3.8, 4) is 5.75 Å². The van der Waals surface area contributed by atoms with Gasteiger partial charge in [0.2, 0.25) is 11.8 Å². The lowest BCUT2D eigenvalue weighted by Crippen LogP contribution is -2.46. The molecule has 1 aliphatic rings. The Morgan fingerprint density at radius 2 is 1.76 bits per heavy atom. The third-order valence-electron chi connectivity index (χ3n) is 7.47. The Morgan fingerprint density at radius 3 is 2.39 bits per heavy atom. The van der Waals surface area contributed by atoms with E-state index in [9.17, 15) is 14.7 Å². The first-order valence-electron chi connectivity index (χ1n) is 13.5. The zero-order chi connectivity index (χ0) is 27.4. The number of rotatable bonds is 8. The van der Waals surface area contributed by atoms with Gasteiger partial charge in [-0.1, -0.05) is 55.8 Å². The third-order valence-corrected chi connectivity index (χ3v) is 7.47. The summed E-state index contributed by atoms with van der Waals surface area (Å²) < 4.78 is 0. The second-order valence-electron chi connectivity index (χ2n) is 10.5. The molecule has 38 heavy (non-hydrogen) atoms. The summed E-state index contributed by atoms with van der Waals surface area (Å²) in [5.41, 5.74) is 14.7. The van der Waals surface area contributed by atoms with Crippen molar-refractivity contribution in [2.45, 2.75) is 71.9 Å². The number of nitrogens with two attached hydrogens (primary N) is 1. The van der Waals surface area contributed by atoms with Gasteiger partial charge in [-0.15, -0.1) is 0 Å². The minimum Gasteiger partial charge on any atom is -0.508 e. The molecular formula is C32H39N3O3. The number of carbonyl (C=O) groups is 2. The average Bonchev–Trinajstić information content (AvgIpc) is 2.87. The van der Waals surface area contributed by atoms with E-state index in [2.05, 4.69) is 36.5 Å². The molecule has 0 saturated heterocycles. The van der Waals surface area contributed by atoms with Gasteiger partial charge in [-0.05, 0) is 90.6 Å². The SMILES string of the molecule is CCCc1cc(Cc2ccccc2)cc2c1N(C(C)=O)CC[C@H]2NC(=O)[C@@H](N)Cc1c(C)cc(O)cc1C. The second kappa shape index (κ2) is 11.8. The highest BCUT2D eigenvalue weighted by Gasteiger charge is 2.32. The summed E-state index contributed by atoms with van der Waals surface area (Å²) in [4.78, 5) is 27.8. The molecule has 0 unspecified atom stereocenters. The molecule has 4 N–H and O–H groups in total. The van der Waals surface area contributed by atoms with Gasteiger partial charge in [0.05, 0.1) is 17.8 Å². The Bertz CT molecular complexity index is 1300. The monoisotopic (exact) mass is 513 g/mol. The van der Waals surface area contributed by atoms with Crippen LogP contribution in [-0.2, 0) is 28.9 Å². The van der Waals surface area contributed by atoms with Crippen molar-refractivity contribution in [1.29, 1.82) is 0 Å². The summed E-state index contributed by atoms with van der Waals surface area (Å²) in [6, 6.07) is 17.1. The lowest BCUT2D eigenvalue weighted by atomic mass is 9.88. The number of benzene rings is 3. The van der Waals surface area contributed by atoms with Gasteiger partial charge in [-0.2, -0.15) is 0 Å². The minimum atomic E-state index is -0.728.